The van der Waals surface area contributed by atoms with Crippen LogP contribution < -0.4 is 5.32 Å². The molecule has 9 nitrogen and oxygen atoms in total. The zero-order valence-corrected chi connectivity index (χ0v) is 18.1. The van der Waals surface area contributed by atoms with E-state index in [-0.39, 0.29) is 24.7 Å². The molecule has 10 heteroatoms. The number of nitrogens with zero attached hydrogens (tertiary/aromatic N) is 3. The third-order valence-corrected chi connectivity index (χ3v) is 7.46. The summed E-state index contributed by atoms with van der Waals surface area (Å²) in [6.45, 7) is 2.67. The van der Waals surface area contributed by atoms with E-state index in [1.807, 2.05) is 6.92 Å². The maximum Gasteiger partial charge on any atom is 0.257 e. The topological polar surface area (TPSA) is 109 Å². The smallest absolute Gasteiger partial charge is 0.257 e. The highest BCUT2D eigenvalue weighted by molar-refractivity contribution is 7.11. The minimum atomic E-state index is -1.21. The number of hydrogen-bond acceptors (Lipinski definition) is 8. The second-order valence-electron chi connectivity index (χ2n) is 8.44. The van der Waals surface area contributed by atoms with Gasteiger partial charge in [0, 0.05) is 11.1 Å². The van der Waals surface area contributed by atoms with Crippen molar-refractivity contribution in [3.63, 3.8) is 0 Å². The predicted molar refractivity (Wildman–Crippen MR) is 110 cm³/mol. The van der Waals surface area contributed by atoms with Crippen LogP contribution in [0.1, 0.15) is 41.8 Å². The van der Waals surface area contributed by atoms with Crippen LogP contribution in [0.5, 0.6) is 0 Å². The molecule has 5 rings (SSSR count). The monoisotopic (exact) mass is 444 g/mol. The van der Waals surface area contributed by atoms with Crippen molar-refractivity contribution < 1.29 is 23.9 Å². The Bertz CT molecular complexity index is 978. The fourth-order valence-corrected chi connectivity index (χ4v) is 5.80. The molecule has 2 saturated heterocycles. The maximum absolute atomic E-state index is 12.8. The summed E-state index contributed by atoms with van der Waals surface area (Å²) in [5.41, 5.74) is 0.867. The van der Waals surface area contributed by atoms with Gasteiger partial charge in [-0.05, 0) is 32.6 Å². The molecule has 0 radical (unpaired) electrons. The van der Waals surface area contributed by atoms with Crippen molar-refractivity contribution in [2.45, 2.75) is 63.9 Å². The van der Waals surface area contributed by atoms with Gasteiger partial charge in [-0.2, -0.15) is 0 Å². The average molecular weight is 445 g/mol. The normalized spacial score (nSPS) is 28.0. The first-order chi connectivity index (χ1) is 14.9. The van der Waals surface area contributed by atoms with E-state index >= 15 is 0 Å². The Hall–Kier alpha value is -2.59. The lowest BCUT2D eigenvalue weighted by Gasteiger charge is -2.43. The van der Waals surface area contributed by atoms with Crippen LogP contribution in [0.4, 0.5) is 0 Å². The van der Waals surface area contributed by atoms with Gasteiger partial charge >= 0.3 is 0 Å². The largest absolute Gasteiger partial charge is 0.354 e. The number of fused-ring (bicyclic) bond motifs is 3. The first kappa shape index (κ1) is 20.3. The van der Waals surface area contributed by atoms with Gasteiger partial charge in [0.25, 0.3) is 11.8 Å². The Labute approximate surface area is 183 Å². The number of amides is 2. The van der Waals surface area contributed by atoms with E-state index < -0.39 is 35.7 Å². The number of rotatable bonds is 3. The summed E-state index contributed by atoms with van der Waals surface area (Å²) >= 11 is 1.59. The number of aryl methyl sites for hydroxylation is 2. The van der Waals surface area contributed by atoms with Gasteiger partial charge in [0.05, 0.1) is 31.4 Å². The first-order valence-electron chi connectivity index (χ1n) is 10.7. The molecule has 1 N–H and O–H groups in total. The van der Waals surface area contributed by atoms with Crippen LogP contribution in [-0.4, -0.2) is 69.6 Å². The maximum atomic E-state index is 12.8. The Morgan fingerprint density at radius 3 is 2.90 bits per heavy atom. The molecule has 0 bridgehead atoms. The minimum absolute atomic E-state index is 0.148. The summed E-state index contributed by atoms with van der Waals surface area (Å²) in [5.74, 6) is -2.86. The number of carbonyl (C=O) groups is 4. The lowest BCUT2D eigenvalue weighted by Crippen LogP contribution is -2.65. The van der Waals surface area contributed by atoms with Gasteiger partial charge < -0.3 is 19.9 Å². The average Bonchev–Trinajstić information content (AvgIpc) is 3.24. The Kier molecular flexibility index (Phi) is 5.13. The van der Waals surface area contributed by atoms with Crippen LogP contribution in [-0.2, 0) is 43.3 Å². The third kappa shape index (κ3) is 3.47. The van der Waals surface area contributed by atoms with E-state index in [1.54, 1.807) is 11.3 Å². The highest BCUT2D eigenvalue weighted by Crippen LogP contribution is 2.30. The van der Waals surface area contributed by atoms with Crippen molar-refractivity contribution in [3.8, 4) is 0 Å². The molecule has 1 aromatic heterocycles. The summed E-state index contributed by atoms with van der Waals surface area (Å²) < 4.78 is 5.63. The molecular formula is C21H24N4O5S. The second-order valence-corrected chi connectivity index (χ2v) is 9.61. The number of carbonyl (C=O) groups excluding carboxylic acids is 4. The molecule has 4 aliphatic rings. The van der Waals surface area contributed by atoms with Gasteiger partial charge in [-0.15, -0.1) is 11.3 Å². The lowest BCUT2D eigenvalue weighted by molar-refractivity contribution is -0.159. The molecule has 1 unspecified atom stereocenters. The van der Waals surface area contributed by atoms with Gasteiger partial charge in [0.2, 0.25) is 11.6 Å². The molecule has 0 aromatic carbocycles. The number of hydrogen-bond donors (Lipinski definition) is 1. The van der Waals surface area contributed by atoms with Crippen molar-refractivity contribution in [3.05, 3.63) is 27.4 Å². The molecule has 164 valence electrons. The first-order valence-corrected chi connectivity index (χ1v) is 11.5. The molecule has 2 amide bonds. The molecule has 0 spiro atoms. The molecule has 3 atom stereocenters. The van der Waals surface area contributed by atoms with Gasteiger partial charge in [-0.25, -0.2) is 4.98 Å². The Morgan fingerprint density at radius 2 is 2.06 bits per heavy atom. The van der Waals surface area contributed by atoms with E-state index in [2.05, 4.69) is 10.3 Å². The molecule has 1 aromatic rings. The standard InChI is InChI=1S/C21H24N4O5S/c1-11-10-30-16-9-24-8-12(18(26)19(27)17(24)21(29)25(11)16)20(28)22-7-15-23-13-5-3-2-4-6-14(13)31-15/h8,11,16-17H,2-7,9-10H2,1H3,(H,22,28)/t11-,16+,17?/m0/s1. The number of ketones is 2. The highest BCUT2D eigenvalue weighted by Gasteiger charge is 2.52. The summed E-state index contributed by atoms with van der Waals surface area (Å²) in [4.78, 5) is 59.8. The number of aromatic nitrogens is 1. The van der Waals surface area contributed by atoms with Crippen molar-refractivity contribution in [2.24, 2.45) is 0 Å². The lowest BCUT2D eigenvalue weighted by atomic mass is 9.93. The number of thiazole rings is 1. The predicted octanol–water partition coefficient (Wildman–Crippen LogP) is 0.321. The number of nitrogens with one attached hydrogen (secondary N) is 1. The van der Waals surface area contributed by atoms with E-state index in [0.29, 0.717) is 6.61 Å². The fourth-order valence-electron chi connectivity index (χ4n) is 4.71. The van der Waals surface area contributed by atoms with Crippen molar-refractivity contribution in [1.29, 1.82) is 0 Å². The summed E-state index contributed by atoms with van der Waals surface area (Å²) in [6, 6.07) is -1.36. The molecule has 2 fully saturated rings. The number of Topliss-reactive ketones (excluding diaryl/α,β-unsaturated/α-hetero) is 2. The van der Waals surface area contributed by atoms with Crippen LogP contribution >= 0.6 is 11.3 Å². The third-order valence-electron chi connectivity index (χ3n) is 6.30. The van der Waals surface area contributed by atoms with Gasteiger partial charge in [-0.1, -0.05) is 6.42 Å². The van der Waals surface area contributed by atoms with E-state index in [4.69, 9.17) is 4.74 Å². The molecule has 4 heterocycles. The SMILES string of the molecule is C[C@H]1CO[C@@H]2CN3C=C(C(=O)NCc4nc5c(s4)CCCCC5)C(=O)C(=O)C3C(=O)N12. The molecule has 31 heavy (non-hydrogen) atoms. The van der Waals surface area contributed by atoms with Gasteiger partial charge in [0.1, 0.15) is 16.8 Å². The molecule has 3 aliphatic heterocycles. The van der Waals surface area contributed by atoms with Crippen molar-refractivity contribution in [2.75, 3.05) is 13.2 Å². The van der Waals surface area contributed by atoms with Crippen LogP contribution in [0.3, 0.4) is 0 Å². The Balaban J connectivity index is 1.31. The van der Waals surface area contributed by atoms with E-state index in [1.165, 1.54) is 27.3 Å². The van der Waals surface area contributed by atoms with Gasteiger partial charge in [-0.3, -0.25) is 19.2 Å². The molecular weight excluding hydrogens is 420 g/mol. The van der Waals surface area contributed by atoms with Crippen LogP contribution in [0.15, 0.2) is 11.8 Å². The Morgan fingerprint density at radius 1 is 1.26 bits per heavy atom. The minimum Gasteiger partial charge on any atom is -0.354 e. The zero-order valence-electron chi connectivity index (χ0n) is 17.3. The fraction of sp³-hybridized carbons (Fsp3) is 0.571. The van der Waals surface area contributed by atoms with Crippen LogP contribution in [0, 0.1) is 0 Å². The van der Waals surface area contributed by atoms with Crippen LogP contribution in [0.2, 0.25) is 0 Å². The number of ether oxygens (including phenoxy) is 1. The zero-order chi connectivity index (χ0) is 21.7. The second kappa shape index (κ2) is 7.83. The van der Waals surface area contributed by atoms with Crippen LogP contribution in [0.25, 0.3) is 0 Å². The van der Waals surface area contributed by atoms with Crippen molar-refractivity contribution in [1.82, 2.24) is 20.1 Å². The highest BCUT2D eigenvalue weighted by atomic mass is 32.1. The number of piperazine rings is 1. The van der Waals surface area contributed by atoms with E-state index in [9.17, 15) is 19.2 Å². The van der Waals surface area contributed by atoms with Gasteiger partial charge in [0.15, 0.2) is 6.04 Å². The summed E-state index contributed by atoms with van der Waals surface area (Å²) in [7, 11) is 0. The quantitative estimate of drug-likeness (QED) is 0.310. The molecule has 1 aliphatic carbocycles. The summed E-state index contributed by atoms with van der Waals surface area (Å²) in [6.07, 6.45) is 6.32. The van der Waals surface area contributed by atoms with E-state index in [0.717, 1.165) is 36.4 Å². The molecule has 0 saturated carbocycles. The summed E-state index contributed by atoms with van der Waals surface area (Å²) in [5, 5.41) is 3.52. The van der Waals surface area contributed by atoms with Crippen molar-refractivity contribution >= 4 is 34.7 Å².